The van der Waals surface area contributed by atoms with Gasteiger partial charge in [0, 0.05) is 54.8 Å². The highest BCUT2D eigenvalue weighted by atomic mass is 35.5. The van der Waals surface area contributed by atoms with Gasteiger partial charge in [0.2, 0.25) is 5.91 Å². The van der Waals surface area contributed by atoms with E-state index in [1.165, 1.54) is 22.4 Å². The number of rotatable bonds is 6. The van der Waals surface area contributed by atoms with Crippen molar-refractivity contribution < 1.29 is 4.79 Å². The van der Waals surface area contributed by atoms with E-state index in [9.17, 15) is 4.79 Å². The number of amides is 1. The summed E-state index contributed by atoms with van der Waals surface area (Å²) in [7, 11) is 0. The van der Waals surface area contributed by atoms with Crippen LogP contribution in [0.1, 0.15) is 23.1 Å². The molecule has 0 aliphatic carbocycles. The third kappa shape index (κ3) is 5.66. The Balaban J connectivity index is 1.40. The largest absolute Gasteiger partial charge is 0.368 e. The molecule has 1 aliphatic heterocycles. The van der Waals surface area contributed by atoms with Crippen LogP contribution in [0.5, 0.6) is 0 Å². The third-order valence-corrected chi connectivity index (χ3v) is 6.26. The number of anilines is 1. The predicted molar refractivity (Wildman–Crippen MR) is 117 cm³/mol. The lowest BCUT2D eigenvalue weighted by Gasteiger charge is -2.37. The Morgan fingerprint density at radius 2 is 1.74 bits per heavy atom. The number of halogens is 1. The molecule has 0 unspecified atom stereocenters. The molecule has 3 rings (SSSR count). The Labute approximate surface area is 171 Å². The van der Waals surface area contributed by atoms with Crippen LogP contribution in [-0.2, 0) is 10.5 Å². The molecule has 1 aliphatic rings. The van der Waals surface area contributed by atoms with E-state index >= 15 is 0 Å². The maximum atomic E-state index is 12.5. The topological polar surface area (TPSA) is 23.6 Å². The standard InChI is InChI=1S/C22H27ClN2OS/c1-17-3-4-18(2)21(15-17)24-10-12-25(13-11-24)22(26)9-14-27-16-19-5-7-20(23)8-6-19/h3-8,15H,9-14,16H2,1-2H3. The van der Waals surface area contributed by atoms with Gasteiger partial charge in [-0.2, -0.15) is 11.8 Å². The average Bonchev–Trinajstić information content (AvgIpc) is 2.68. The van der Waals surface area contributed by atoms with Crippen molar-refractivity contribution in [3.05, 3.63) is 64.2 Å². The van der Waals surface area contributed by atoms with Crippen LogP contribution in [0.25, 0.3) is 0 Å². The van der Waals surface area contributed by atoms with Crippen molar-refractivity contribution in [2.24, 2.45) is 0 Å². The van der Waals surface area contributed by atoms with Crippen LogP contribution >= 0.6 is 23.4 Å². The van der Waals surface area contributed by atoms with E-state index in [4.69, 9.17) is 11.6 Å². The van der Waals surface area contributed by atoms with Crippen molar-refractivity contribution in [2.45, 2.75) is 26.0 Å². The molecule has 0 aromatic heterocycles. The van der Waals surface area contributed by atoms with E-state index < -0.39 is 0 Å². The number of thioether (sulfide) groups is 1. The summed E-state index contributed by atoms with van der Waals surface area (Å²) < 4.78 is 0. The SMILES string of the molecule is Cc1ccc(C)c(N2CCN(C(=O)CCSCc3ccc(Cl)cc3)CC2)c1. The van der Waals surface area contributed by atoms with Crippen molar-refractivity contribution in [3.8, 4) is 0 Å². The van der Waals surface area contributed by atoms with Gasteiger partial charge in [-0.05, 0) is 48.7 Å². The second kappa shape index (κ2) is 9.52. The lowest BCUT2D eigenvalue weighted by Crippen LogP contribution is -2.49. The first kappa shape index (κ1) is 20.1. The van der Waals surface area contributed by atoms with E-state index in [2.05, 4.69) is 36.9 Å². The predicted octanol–water partition coefficient (Wildman–Crippen LogP) is 4.93. The molecule has 1 heterocycles. The van der Waals surface area contributed by atoms with Gasteiger partial charge in [-0.3, -0.25) is 4.79 Å². The van der Waals surface area contributed by atoms with Gasteiger partial charge in [-0.25, -0.2) is 0 Å². The zero-order chi connectivity index (χ0) is 19.2. The molecule has 0 bridgehead atoms. The molecule has 0 N–H and O–H groups in total. The number of hydrogen-bond donors (Lipinski definition) is 0. The number of carbonyl (C=O) groups is 1. The second-order valence-corrected chi connectivity index (χ2v) is 8.63. The summed E-state index contributed by atoms with van der Waals surface area (Å²) in [6, 6.07) is 14.5. The zero-order valence-corrected chi connectivity index (χ0v) is 17.7. The molecule has 144 valence electrons. The molecule has 3 nitrogen and oxygen atoms in total. The van der Waals surface area contributed by atoms with Gasteiger partial charge < -0.3 is 9.80 Å². The quantitative estimate of drug-likeness (QED) is 0.640. The van der Waals surface area contributed by atoms with Gasteiger partial charge in [0.25, 0.3) is 0 Å². The van der Waals surface area contributed by atoms with Crippen LogP contribution in [0, 0.1) is 13.8 Å². The van der Waals surface area contributed by atoms with Crippen molar-refractivity contribution in [1.82, 2.24) is 4.90 Å². The molecular weight excluding hydrogens is 376 g/mol. The van der Waals surface area contributed by atoms with Crippen LogP contribution in [0.15, 0.2) is 42.5 Å². The molecule has 2 aromatic rings. The lowest BCUT2D eigenvalue weighted by molar-refractivity contribution is -0.131. The van der Waals surface area contributed by atoms with Gasteiger partial charge >= 0.3 is 0 Å². The van der Waals surface area contributed by atoms with Gasteiger partial charge in [0.1, 0.15) is 0 Å². The highest BCUT2D eigenvalue weighted by molar-refractivity contribution is 7.98. The summed E-state index contributed by atoms with van der Waals surface area (Å²) in [5.41, 5.74) is 5.14. The first-order chi connectivity index (χ1) is 13.0. The molecule has 27 heavy (non-hydrogen) atoms. The molecule has 0 spiro atoms. The highest BCUT2D eigenvalue weighted by Crippen LogP contribution is 2.23. The Bertz CT molecular complexity index is 770. The van der Waals surface area contributed by atoms with Crippen LogP contribution in [0.3, 0.4) is 0 Å². The van der Waals surface area contributed by atoms with Crippen molar-refractivity contribution in [1.29, 1.82) is 0 Å². The summed E-state index contributed by atoms with van der Waals surface area (Å²) in [4.78, 5) is 16.9. The van der Waals surface area contributed by atoms with E-state index in [-0.39, 0.29) is 5.91 Å². The van der Waals surface area contributed by atoms with E-state index in [1.807, 2.05) is 29.2 Å². The first-order valence-electron chi connectivity index (χ1n) is 9.45. The Morgan fingerprint density at radius 1 is 1.04 bits per heavy atom. The van der Waals surface area contributed by atoms with Crippen LogP contribution < -0.4 is 4.90 Å². The summed E-state index contributed by atoms with van der Waals surface area (Å²) in [5.74, 6) is 2.06. The van der Waals surface area contributed by atoms with Crippen LogP contribution in [-0.4, -0.2) is 42.7 Å². The fourth-order valence-electron chi connectivity index (χ4n) is 3.35. The van der Waals surface area contributed by atoms with Crippen LogP contribution in [0.2, 0.25) is 5.02 Å². The lowest BCUT2D eigenvalue weighted by atomic mass is 10.1. The van der Waals surface area contributed by atoms with Gasteiger partial charge in [-0.15, -0.1) is 0 Å². The minimum absolute atomic E-state index is 0.277. The smallest absolute Gasteiger partial charge is 0.223 e. The number of benzene rings is 2. The number of aryl methyl sites for hydroxylation is 2. The monoisotopic (exact) mass is 402 g/mol. The zero-order valence-electron chi connectivity index (χ0n) is 16.1. The maximum absolute atomic E-state index is 12.5. The molecule has 5 heteroatoms. The molecule has 1 amide bonds. The molecule has 0 saturated carbocycles. The fourth-order valence-corrected chi connectivity index (χ4v) is 4.36. The van der Waals surface area contributed by atoms with E-state index in [0.717, 1.165) is 42.7 Å². The van der Waals surface area contributed by atoms with E-state index in [1.54, 1.807) is 11.8 Å². The number of carbonyl (C=O) groups excluding carboxylic acids is 1. The Morgan fingerprint density at radius 3 is 2.44 bits per heavy atom. The Kier molecular flexibility index (Phi) is 7.08. The molecule has 0 radical (unpaired) electrons. The summed E-state index contributed by atoms with van der Waals surface area (Å²) in [6.45, 7) is 7.73. The molecule has 1 saturated heterocycles. The molecular formula is C22H27ClN2OS. The highest BCUT2D eigenvalue weighted by Gasteiger charge is 2.21. The normalized spacial score (nSPS) is 14.5. The first-order valence-corrected chi connectivity index (χ1v) is 11.0. The summed E-state index contributed by atoms with van der Waals surface area (Å²) in [6.07, 6.45) is 0.613. The van der Waals surface area contributed by atoms with Crippen molar-refractivity contribution in [3.63, 3.8) is 0 Å². The van der Waals surface area contributed by atoms with Gasteiger partial charge in [-0.1, -0.05) is 35.9 Å². The van der Waals surface area contributed by atoms with Gasteiger partial charge in [0.15, 0.2) is 0 Å². The minimum atomic E-state index is 0.277. The maximum Gasteiger partial charge on any atom is 0.223 e. The molecule has 2 aromatic carbocycles. The second-order valence-electron chi connectivity index (χ2n) is 7.09. The molecule has 1 fully saturated rings. The Hall–Kier alpha value is -1.65. The summed E-state index contributed by atoms with van der Waals surface area (Å²) in [5, 5.41) is 0.763. The molecule has 0 atom stereocenters. The van der Waals surface area contributed by atoms with Crippen molar-refractivity contribution in [2.75, 3.05) is 36.8 Å². The van der Waals surface area contributed by atoms with E-state index in [0.29, 0.717) is 6.42 Å². The fraction of sp³-hybridized carbons (Fsp3) is 0.409. The number of hydrogen-bond acceptors (Lipinski definition) is 3. The van der Waals surface area contributed by atoms with Crippen LogP contribution in [0.4, 0.5) is 5.69 Å². The number of nitrogens with zero attached hydrogens (tertiary/aromatic N) is 2. The third-order valence-electron chi connectivity index (χ3n) is 4.98. The summed E-state index contributed by atoms with van der Waals surface area (Å²) >= 11 is 7.71. The van der Waals surface area contributed by atoms with Gasteiger partial charge in [0.05, 0.1) is 0 Å². The number of piperazine rings is 1. The minimum Gasteiger partial charge on any atom is -0.368 e. The van der Waals surface area contributed by atoms with Crippen molar-refractivity contribution >= 4 is 35.0 Å². The average molecular weight is 403 g/mol.